The number of para-hydroxylation sites is 1. The second kappa shape index (κ2) is 9.13. The van der Waals surface area contributed by atoms with Gasteiger partial charge in [-0.15, -0.1) is 10.2 Å². The normalized spacial score (nSPS) is 11.1. The highest BCUT2D eigenvalue weighted by Gasteiger charge is 2.20. The van der Waals surface area contributed by atoms with E-state index in [1.807, 2.05) is 44.2 Å². The summed E-state index contributed by atoms with van der Waals surface area (Å²) in [6, 6.07) is 15.9. The molecule has 2 aromatic carbocycles. The molecule has 7 nitrogen and oxygen atoms in total. The molecule has 2 heterocycles. The van der Waals surface area contributed by atoms with Crippen LogP contribution in [0.4, 0.5) is 4.39 Å². The van der Waals surface area contributed by atoms with Crippen LogP contribution in [0.15, 0.2) is 70.4 Å². The van der Waals surface area contributed by atoms with Gasteiger partial charge in [0.05, 0.1) is 11.4 Å². The molecule has 0 aliphatic rings. The number of hydrogen-bond donors (Lipinski definition) is 1. The molecule has 0 radical (unpaired) electrons. The lowest BCUT2D eigenvalue weighted by molar-refractivity contribution is 0.0938. The van der Waals surface area contributed by atoms with Gasteiger partial charge < -0.3 is 9.73 Å². The van der Waals surface area contributed by atoms with E-state index in [1.54, 1.807) is 22.8 Å². The topological polar surface area (TPSA) is 85.8 Å². The van der Waals surface area contributed by atoms with Crippen LogP contribution in [-0.2, 0) is 5.75 Å². The average Bonchev–Trinajstić information content (AvgIpc) is 3.40. The van der Waals surface area contributed by atoms with E-state index in [0.29, 0.717) is 28.3 Å². The third-order valence-corrected chi connectivity index (χ3v) is 5.20. The van der Waals surface area contributed by atoms with Gasteiger partial charge >= 0.3 is 0 Å². The quantitative estimate of drug-likeness (QED) is 0.429. The van der Waals surface area contributed by atoms with E-state index < -0.39 is 0 Å². The van der Waals surface area contributed by atoms with Gasteiger partial charge in [-0.05, 0) is 26.0 Å². The lowest BCUT2D eigenvalue weighted by atomic mass is 10.2. The predicted molar refractivity (Wildman–Crippen MR) is 115 cm³/mol. The number of nitrogens with zero attached hydrogens (tertiary/aromatic N) is 4. The number of halogens is 1. The summed E-state index contributed by atoms with van der Waals surface area (Å²) < 4.78 is 21.7. The number of carbonyl (C=O) groups excluding carboxylic acids is 1. The smallest absolute Gasteiger partial charge is 0.273 e. The van der Waals surface area contributed by atoms with Crippen LogP contribution in [-0.4, -0.2) is 31.7 Å². The van der Waals surface area contributed by atoms with Crippen LogP contribution in [0.5, 0.6) is 0 Å². The molecule has 0 spiro atoms. The highest BCUT2D eigenvalue weighted by molar-refractivity contribution is 7.98. The molecule has 2 aromatic heterocycles. The van der Waals surface area contributed by atoms with Gasteiger partial charge in [0, 0.05) is 11.6 Å². The van der Waals surface area contributed by atoms with Crippen molar-refractivity contribution in [1.82, 2.24) is 25.1 Å². The molecule has 31 heavy (non-hydrogen) atoms. The van der Waals surface area contributed by atoms with Crippen LogP contribution in [0, 0.1) is 5.82 Å². The Morgan fingerprint density at radius 1 is 1.13 bits per heavy atom. The van der Waals surface area contributed by atoms with Gasteiger partial charge in [0.25, 0.3) is 5.91 Å². The molecule has 158 valence electrons. The van der Waals surface area contributed by atoms with E-state index in [4.69, 9.17) is 4.42 Å². The van der Waals surface area contributed by atoms with Crippen LogP contribution in [0.3, 0.4) is 0 Å². The maximum Gasteiger partial charge on any atom is 0.273 e. The van der Waals surface area contributed by atoms with Gasteiger partial charge in [-0.25, -0.2) is 9.37 Å². The first-order chi connectivity index (χ1) is 15.0. The van der Waals surface area contributed by atoms with Crippen LogP contribution in [0.2, 0.25) is 0 Å². The molecular weight excluding hydrogens is 417 g/mol. The Morgan fingerprint density at radius 3 is 2.61 bits per heavy atom. The monoisotopic (exact) mass is 437 g/mol. The van der Waals surface area contributed by atoms with Crippen LogP contribution in [0.25, 0.3) is 17.1 Å². The van der Waals surface area contributed by atoms with Gasteiger partial charge in [-0.2, -0.15) is 0 Å². The molecule has 9 heteroatoms. The maximum absolute atomic E-state index is 14.6. The van der Waals surface area contributed by atoms with Crippen molar-refractivity contribution in [3.8, 4) is 17.1 Å². The zero-order valence-electron chi connectivity index (χ0n) is 16.9. The molecule has 0 atom stereocenters. The number of rotatable bonds is 7. The van der Waals surface area contributed by atoms with Gasteiger partial charge in [0.1, 0.15) is 12.1 Å². The lowest BCUT2D eigenvalue weighted by Crippen LogP contribution is -2.30. The van der Waals surface area contributed by atoms with Crippen molar-refractivity contribution in [1.29, 1.82) is 0 Å². The fourth-order valence-corrected chi connectivity index (χ4v) is 3.73. The van der Waals surface area contributed by atoms with Gasteiger partial charge in [0.2, 0.25) is 5.89 Å². The summed E-state index contributed by atoms with van der Waals surface area (Å²) in [5.41, 5.74) is 1.37. The number of nitrogens with one attached hydrogen (secondary N) is 1. The maximum atomic E-state index is 14.6. The zero-order valence-corrected chi connectivity index (χ0v) is 17.8. The average molecular weight is 438 g/mol. The number of benzene rings is 2. The minimum atomic E-state index is -0.384. The zero-order chi connectivity index (χ0) is 21.8. The fraction of sp³-hybridized carbons (Fsp3) is 0.182. The van der Waals surface area contributed by atoms with Crippen molar-refractivity contribution in [2.45, 2.75) is 30.8 Å². The van der Waals surface area contributed by atoms with Crippen molar-refractivity contribution in [3.05, 3.63) is 78.3 Å². The number of carbonyl (C=O) groups is 1. The summed E-state index contributed by atoms with van der Waals surface area (Å²) in [5.74, 6) is 0.512. The Balaban J connectivity index is 1.62. The number of oxazole rings is 1. The van der Waals surface area contributed by atoms with E-state index >= 15 is 0 Å². The highest BCUT2D eigenvalue weighted by atomic mass is 32.2. The number of thioether (sulfide) groups is 1. The summed E-state index contributed by atoms with van der Waals surface area (Å²) in [5, 5.41) is 11.8. The summed E-state index contributed by atoms with van der Waals surface area (Å²) in [7, 11) is 0. The standard InChI is InChI=1S/C22H20FN5O2S/c1-14(2)24-21(29)17-12-30-19(25-17)13-31-22-27-26-20(15-8-4-3-5-9-15)28(22)18-11-7-6-10-16(18)23/h3-12,14H,13H2,1-2H3,(H,24,29). The predicted octanol–water partition coefficient (Wildman–Crippen LogP) is 4.49. The Bertz CT molecular complexity index is 1190. The van der Waals surface area contributed by atoms with E-state index in [-0.39, 0.29) is 23.5 Å². The third-order valence-electron chi connectivity index (χ3n) is 4.29. The van der Waals surface area contributed by atoms with Crippen molar-refractivity contribution < 1.29 is 13.6 Å². The third kappa shape index (κ3) is 4.66. The minimum absolute atomic E-state index is 0.00208. The molecule has 4 aromatic rings. The molecule has 0 aliphatic heterocycles. The van der Waals surface area contributed by atoms with E-state index in [9.17, 15) is 9.18 Å². The molecule has 0 bridgehead atoms. The van der Waals surface area contributed by atoms with E-state index in [1.165, 1.54) is 24.1 Å². The van der Waals surface area contributed by atoms with E-state index in [2.05, 4.69) is 20.5 Å². The summed E-state index contributed by atoms with van der Waals surface area (Å²) in [6.07, 6.45) is 1.32. The van der Waals surface area contributed by atoms with Crippen LogP contribution >= 0.6 is 11.8 Å². The first-order valence-electron chi connectivity index (χ1n) is 9.66. The van der Waals surface area contributed by atoms with Gasteiger partial charge in [0.15, 0.2) is 16.7 Å². The van der Waals surface area contributed by atoms with Crippen molar-refractivity contribution in [2.75, 3.05) is 0 Å². The second-order valence-electron chi connectivity index (χ2n) is 7.00. The Morgan fingerprint density at radius 2 is 1.87 bits per heavy atom. The number of amides is 1. The SMILES string of the molecule is CC(C)NC(=O)c1coc(CSc2nnc(-c3ccccc3)n2-c2ccccc2F)n1. The Labute approximate surface area is 182 Å². The summed E-state index contributed by atoms with van der Waals surface area (Å²) >= 11 is 1.29. The molecule has 0 saturated heterocycles. The molecular formula is C22H20FN5O2S. The van der Waals surface area contributed by atoms with Crippen molar-refractivity contribution in [3.63, 3.8) is 0 Å². The summed E-state index contributed by atoms with van der Waals surface area (Å²) in [6.45, 7) is 3.74. The molecule has 0 aliphatic carbocycles. The Kier molecular flexibility index (Phi) is 6.13. The number of aromatic nitrogens is 4. The molecule has 0 unspecified atom stereocenters. The molecule has 4 rings (SSSR count). The van der Waals surface area contributed by atoms with Crippen LogP contribution < -0.4 is 5.32 Å². The highest BCUT2D eigenvalue weighted by Crippen LogP contribution is 2.30. The Hall–Kier alpha value is -3.46. The van der Waals surface area contributed by atoms with E-state index in [0.717, 1.165) is 5.56 Å². The summed E-state index contributed by atoms with van der Waals surface area (Å²) in [4.78, 5) is 16.3. The molecule has 1 N–H and O–H groups in total. The largest absolute Gasteiger partial charge is 0.447 e. The second-order valence-corrected chi connectivity index (χ2v) is 7.94. The number of hydrogen-bond acceptors (Lipinski definition) is 6. The fourth-order valence-electron chi connectivity index (χ4n) is 2.93. The van der Waals surface area contributed by atoms with Gasteiger partial charge in [-0.3, -0.25) is 9.36 Å². The minimum Gasteiger partial charge on any atom is -0.447 e. The lowest BCUT2D eigenvalue weighted by Gasteiger charge is -2.10. The van der Waals surface area contributed by atoms with Crippen LogP contribution in [0.1, 0.15) is 30.2 Å². The first-order valence-corrected chi connectivity index (χ1v) is 10.7. The molecule has 0 saturated carbocycles. The molecule has 1 amide bonds. The van der Waals surface area contributed by atoms with Crippen molar-refractivity contribution >= 4 is 17.7 Å². The first kappa shape index (κ1) is 20.8. The van der Waals surface area contributed by atoms with Gasteiger partial charge in [-0.1, -0.05) is 54.2 Å². The molecule has 0 fully saturated rings. The van der Waals surface area contributed by atoms with Crippen molar-refractivity contribution in [2.24, 2.45) is 0 Å².